The first-order valence-corrected chi connectivity index (χ1v) is 4.65. The molecular formula is C9H15ClN2. The fraction of sp³-hybridized carbons (Fsp3) is 0.667. The summed E-state index contributed by atoms with van der Waals surface area (Å²) in [6.07, 6.45) is 4.79. The lowest BCUT2D eigenvalue weighted by Crippen LogP contribution is -2.10. The van der Waals surface area contributed by atoms with E-state index in [9.17, 15) is 0 Å². The largest absolute Gasteiger partial charge is 0.276 e. The molecule has 0 aliphatic rings. The van der Waals surface area contributed by atoms with Gasteiger partial charge in [0.1, 0.15) is 0 Å². The molecule has 1 rings (SSSR count). The van der Waals surface area contributed by atoms with Crippen LogP contribution in [-0.4, -0.2) is 15.2 Å². The molecule has 1 heterocycles. The van der Waals surface area contributed by atoms with Crippen LogP contribution in [0, 0.1) is 5.92 Å². The molecule has 3 heteroatoms. The SMILES string of the molecule is CC(C)C(Cl)Cc1cnn(C)c1. The monoisotopic (exact) mass is 186 g/mol. The number of aromatic nitrogens is 2. The third-order valence-electron chi connectivity index (χ3n) is 1.91. The second kappa shape index (κ2) is 3.94. The molecule has 68 valence electrons. The van der Waals surface area contributed by atoms with Crippen LogP contribution in [0.4, 0.5) is 0 Å². The Labute approximate surface area is 78.5 Å². The van der Waals surface area contributed by atoms with Gasteiger partial charge in [0.25, 0.3) is 0 Å². The molecule has 0 spiro atoms. The van der Waals surface area contributed by atoms with Gasteiger partial charge in [0.05, 0.1) is 6.20 Å². The molecule has 0 fully saturated rings. The van der Waals surface area contributed by atoms with Crippen molar-refractivity contribution in [1.82, 2.24) is 9.78 Å². The van der Waals surface area contributed by atoms with Crippen LogP contribution in [-0.2, 0) is 13.5 Å². The highest BCUT2D eigenvalue weighted by Crippen LogP contribution is 2.14. The van der Waals surface area contributed by atoms with Gasteiger partial charge in [-0.15, -0.1) is 11.6 Å². The number of aryl methyl sites for hydroxylation is 1. The standard InChI is InChI=1S/C9H15ClN2/c1-7(2)9(10)4-8-5-11-12(3)6-8/h5-7,9H,4H2,1-3H3. The van der Waals surface area contributed by atoms with Crippen LogP contribution >= 0.6 is 11.6 Å². The number of rotatable bonds is 3. The molecule has 0 aliphatic carbocycles. The molecule has 0 bridgehead atoms. The highest BCUT2D eigenvalue weighted by atomic mass is 35.5. The van der Waals surface area contributed by atoms with Crippen LogP contribution in [0.1, 0.15) is 19.4 Å². The summed E-state index contributed by atoms with van der Waals surface area (Å²) in [6.45, 7) is 4.27. The lowest BCUT2D eigenvalue weighted by Gasteiger charge is -2.10. The molecule has 0 aromatic carbocycles. The van der Waals surface area contributed by atoms with Gasteiger partial charge >= 0.3 is 0 Å². The molecule has 0 aliphatic heterocycles. The van der Waals surface area contributed by atoms with E-state index in [-0.39, 0.29) is 5.38 Å². The molecule has 0 saturated carbocycles. The minimum atomic E-state index is 0.217. The predicted octanol–water partition coefficient (Wildman–Crippen LogP) is 2.23. The molecule has 0 amide bonds. The zero-order chi connectivity index (χ0) is 9.14. The van der Waals surface area contributed by atoms with E-state index >= 15 is 0 Å². The first kappa shape index (κ1) is 9.59. The molecule has 2 nitrogen and oxygen atoms in total. The van der Waals surface area contributed by atoms with E-state index in [4.69, 9.17) is 11.6 Å². The molecule has 0 radical (unpaired) electrons. The third kappa shape index (κ3) is 2.52. The normalized spacial score (nSPS) is 13.8. The number of hydrogen-bond acceptors (Lipinski definition) is 1. The Bertz CT molecular complexity index is 242. The summed E-state index contributed by atoms with van der Waals surface area (Å²) in [7, 11) is 1.92. The summed E-state index contributed by atoms with van der Waals surface area (Å²) < 4.78 is 1.80. The van der Waals surface area contributed by atoms with Gasteiger partial charge in [0, 0.05) is 18.6 Å². The molecule has 1 aromatic heterocycles. The van der Waals surface area contributed by atoms with Crippen LogP contribution in [0.2, 0.25) is 0 Å². The maximum atomic E-state index is 6.12. The van der Waals surface area contributed by atoms with Crippen LogP contribution < -0.4 is 0 Å². The summed E-state index contributed by atoms with van der Waals surface area (Å²) >= 11 is 6.12. The Kier molecular flexibility index (Phi) is 3.15. The van der Waals surface area contributed by atoms with Crippen molar-refractivity contribution in [2.24, 2.45) is 13.0 Å². The zero-order valence-electron chi connectivity index (χ0n) is 7.79. The van der Waals surface area contributed by atoms with Crippen LogP contribution in [0.3, 0.4) is 0 Å². The minimum Gasteiger partial charge on any atom is -0.276 e. The van der Waals surface area contributed by atoms with E-state index in [1.54, 1.807) is 4.68 Å². The maximum Gasteiger partial charge on any atom is 0.0522 e. The van der Waals surface area contributed by atoms with Crippen LogP contribution in [0.5, 0.6) is 0 Å². The Hall–Kier alpha value is -0.500. The Morgan fingerprint density at radius 3 is 2.67 bits per heavy atom. The molecular weight excluding hydrogens is 172 g/mol. The van der Waals surface area contributed by atoms with Gasteiger partial charge < -0.3 is 0 Å². The summed E-state index contributed by atoms with van der Waals surface area (Å²) in [5, 5.41) is 4.30. The van der Waals surface area contributed by atoms with Crippen molar-refractivity contribution in [3.63, 3.8) is 0 Å². The van der Waals surface area contributed by atoms with Crippen molar-refractivity contribution in [2.45, 2.75) is 25.6 Å². The first-order chi connectivity index (χ1) is 5.59. The van der Waals surface area contributed by atoms with Crippen molar-refractivity contribution in [2.75, 3.05) is 0 Å². The molecule has 0 saturated heterocycles. The third-order valence-corrected chi connectivity index (χ3v) is 2.57. The Morgan fingerprint density at radius 1 is 1.58 bits per heavy atom. The smallest absolute Gasteiger partial charge is 0.0522 e. The quantitative estimate of drug-likeness (QED) is 0.662. The molecule has 1 unspecified atom stereocenters. The van der Waals surface area contributed by atoms with Crippen LogP contribution in [0.15, 0.2) is 12.4 Å². The van der Waals surface area contributed by atoms with Gasteiger partial charge in [-0.1, -0.05) is 13.8 Å². The maximum absolute atomic E-state index is 6.12. The van der Waals surface area contributed by atoms with Gasteiger partial charge in [-0.3, -0.25) is 4.68 Å². The first-order valence-electron chi connectivity index (χ1n) is 4.21. The lowest BCUT2D eigenvalue weighted by molar-refractivity contribution is 0.596. The van der Waals surface area contributed by atoms with Crippen molar-refractivity contribution >= 4 is 11.6 Å². The van der Waals surface area contributed by atoms with Crippen molar-refractivity contribution in [3.05, 3.63) is 18.0 Å². The zero-order valence-corrected chi connectivity index (χ0v) is 8.54. The van der Waals surface area contributed by atoms with E-state index in [1.165, 1.54) is 5.56 Å². The van der Waals surface area contributed by atoms with Gasteiger partial charge in [0.2, 0.25) is 0 Å². The summed E-state index contributed by atoms with van der Waals surface area (Å²) in [5.41, 5.74) is 1.21. The average Bonchev–Trinajstić information content (AvgIpc) is 2.35. The van der Waals surface area contributed by atoms with E-state index in [2.05, 4.69) is 18.9 Å². The van der Waals surface area contributed by atoms with Gasteiger partial charge in [0.15, 0.2) is 0 Å². The minimum absolute atomic E-state index is 0.217. The summed E-state index contributed by atoms with van der Waals surface area (Å²) in [5.74, 6) is 0.520. The van der Waals surface area contributed by atoms with E-state index in [1.807, 2.05) is 19.4 Å². The van der Waals surface area contributed by atoms with E-state index in [0.717, 1.165) is 6.42 Å². The molecule has 1 atom stereocenters. The van der Waals surface area contributed by atoms with Crippen molar-refractivity contribution in [3.8, 4) is 0 Å². The second-order valence-electron chi connectivity index (χ2n) is 3.49. The number of halogens is 1. The highest BCUT2D eigenvalue weighted by molar-refractivity contribution is 6.20. The topological polar surface area (TPSA) is 17.8 Å². The second-order valence-corrected chi connectivity index (χ2v) is 4.05. The highest BCUT2D eigenvalue weighted by Gasteiger charge is 2.10. The van der Waals surface area contributed by atoms with Gasteiger partial charge in [-0.25, -0.2) is 0 Å². The molecule has 12 heavy (non-hydrogen) atoms. The lowest BCUT2D eigenvalue weighted by atomic mass is 10.0. The predicted molar refractivity (Wildman–Crippen MR) is 51.4 cm³/mol. The van der Waals surface area contributed by atoms with E-state index in [0.29, 0.717) is 5.92 Å². The number of alkyl halides is 1. The summed E-state index contributed by atoms with van der Waals surface area (Å²) in [6, 6.07) is 0. The van der Waals surface area contributed by atoms with Crippen LogP contribution in [0.25, 0.3) is 0 Å². The molecule has 0 N–H and O–H groups in total. The van der Waals surface area contributed by atoms with Crippen molar-refractivity contribution < 1.29 is 0 Å². The fourth-order valence-electron chi connectivity index (χ4n) is 1.04. The van der Waals surface area contributed by atoms with Gasteiger partial charge in [-0.2, -0.15) is 5.10 Å². The number of nitrogens with zero attached hydrogens (tertiary/aromatic N) is 2. The number of hydrogen-bond donors (Lipinski definition) is 0. The van der Waals surface area contributed by atoms with Crippen molar-refractivity contribution in [1.29, 1.82) is 0 Å². The molecule has 1 aromatic rings. The Morgan fingerprint density at radius 2 is 2.25 bits per heavy atom. The van der Waals surface area contributed by atoms with E-state index < -0.39 is 0 Å². The summed E-state index contributed by atoms with van der Waals surface area (Å²) in [4.78, 5) is 0. The average molecular weight is 187 g/mol. The van der Waals surface area contributed by atoms with Gasteiger partial charge in [-0.05, 0) is 17.9 Å². The fourth-order valence-corrected chi connectivity index (χ4v) is 1.22. The Balaban J connectivity index is 2.52.